The maximum atomic E-state index is 12.4. The molecule has 98 valence electrons. The van der Waals surface area contributed by atoms with Crippen LogP contribution in [-0.4, -0.2) is 40.3 Å². The smallest absolute Gasteiger partial charge is 0.274 e. The van der Waals surface area contributed by atoms with Gasteiger partial charge in [-0.2, -0.15) is 5.10 Å². The minimum atomic E-state index is 0.0482. The average Bonchev–Trinajstić information content (AvgIpc) is 2.81. The highest BCUT2D eigenvalue weighted by molar-refractivity contribution is 5.92. The number of hydrogen-bond donors (Lipinski definition) is 0. The SMILES string of the molecule is CC1CCCN(C(=O)c2cc3n(n2)CCCO3)C1. The van der Waals surface area contributed by atoms with E-state index in [-0.39, 0.29) is 5.91 Å². The maximum Gasteiger partial charge on any atom is 0.274 e. The van der Waals surface area contributed by atoms with Crippen LogP contribution in [0.2, 0.25) is 0 Å². The minimum absolute atomic E-state index is 0.0482. The van der Waals surface area contributed by atoms with Crippen LogP contribution in [0, 0.1) is 5.92 Å². The molecule has 5 heteroatoms. The summed E-state index contributed by atoms with van der Waals surface area (Å²) in [6, 6.07) is 1.78. The fourth-order valence-corrected chi connectivity index (χ4v) is 2.71. The number of carbonyl (C=O) groups is 1. The van der Waals surface area contributed by atoms with Crippen LogP contribution < -0.4 is 4.74 Å². The Morgan fingerprint density at radius 2 is 2.33 bits per heavy atom. The number of aryl methyl sites for hydroxylation is 1. The van der Waals surface area contributed by atoms with Crippen molar-refractivity contribution in [1.29, 1.82) is 0 Å². The molecule has 0 aliphatic carbocycles. The first-order valence-corrected chi connectivity index (χ1v) is 6.74. The van der Waals surface area contributed by atoms with Crippen molar-refractivity contribution in [3.05, 3.63) is 11.8 Å². The molecule has 2 aliphatic rings. The Hall–Kier alpha value is -1.52. The Bertz CT molecular complexity index is 432. The third-order valence-corrected chi connectivity index (χ3v) is 3.67. The average molecular weight is 249 g/mol. The van der Waals surface area contributed by atoms with Crippen LogP contribution in [0.1, 0.15) is 36.7 Å². The van der Waals surface area contributed by atoms with Gasteiger partial charge in [-0.25, -0.2) is 4.68 Å². The van der Waals surface area contributed by atoms with Gasteiger partial charge >= 0.3 is 0 Å². The summed E-state index contributed by atoms with van der Waals surface area (Å²) in [5.74, 6) is 1.37. The van der Waals surface area contributed by atoms with Crippen LogP contribution >= 0.6 is 0 Å². The van der Waals surface area contributed by atoms with Crippen molar-refractivity contribution in [1.82, 2.24) is 14.7 Å². The van der Waals surface area contributed by atoms with Crippen LogP contribution in [0.15, 0.2) is 6.07 Å². The van der Waals surface area contributed by atoms with E-state index in [1.165, 1.54) is 6.42 Å². The Kier molecular flexibility index (Phi) is 2.97. The maximum absolute atomic E-state index is 12.4. The molecule has 0 spiro atoms. The zero-order valence-corrected chi connectivity index (χ0v) is 10.8. The highest BCUT2D eigenvalue weighted by Crippen LogP contribution is 2.22. The second kappa shape index (κ2) is 4.63. The fourth-order valence-electron chi connectivity index (χ4n) is 2.71. The monoisotopic (exact) mass is 249 g/mol. The fraction of sp³-hybridized carbons (Fsp3) is 0.692. The molecule has 0 bridgehead atoms. The number of likely N-dealkylation sites (tertiary alicyclic amines) is 1. The normalized spacial score (nSPS) is 23.4. The molecule has 1 saturated heterocycles. The zero-order valence-electron chi connectivity index (χ0n) is 10.8. The summed E-state index contributed by atoms with van der Waals surface area (Å²) in [7, 11) is 0. The molecule has 0 aromatic carbocycles. The van der Waals surface area contributed by atoms with E-state index in [4.69, 9.17) is 4.74 Å². The molecule has 1 aromatic rings. The van der Waals surface area contributed by atoms with Gasteiger partial charge in [0.25, 0.3) is 5.91 Å². The summed E-state index contributed by atoms with van der Waals surface area (Å²) in [6.45, 7) is 5.47. The standard InChI is InChI=1S/C13H19N3O2/c1-10-4-2-5-15(9-10)13(17)11-8-12-16(14-11)6-3-7-18-12/h8,10H,2-7,9H2,1H3. The predicted molar refractivity (Wildman–Crippen MR) is 66.6 cm³/mol. The van der Waals surface area contributed by atoms with Crippen LogP contribution in [0.5, 0.6) is 5.88 Å². The first-order valence-electron chi connectivity index (χ1n) is 6.74. The van der Waals surface area contributed by atoms with Crippen LogP contribution in [0.4, 0.5) is 0 Å². The quantitative estimate of drug-likeness (QED) is 0.758. The van der Waals surface area contributed by atoms with Gasteiger partial charge in [0.15, 0.2) is 5.69 Å². The first-order chi connectivity index (χ1) is 8.74. The second-order valence-electron chi connectivity index (χ2n) is 5.29. The number of fused-ring (bicyclic) bond motifs is 1. The molecule has 3 rings (SSSR count). The van der Waals surface area contributed by atoms with E-state index in [9.17, 15) is 4.79 Å². The van der Waals surface area contributed by atoms with Gasteiger partial charge in [0, 0.05) is 32.1 Å². The highest BCUT2D eigenvalue weighted by Gasteiger charge is 2.25. The molecule has 1 aromatic heterocycles. The van der Waals surface area contributed by atoms with Crippen molar-refractivity contribution < 1.29 is 9.53 Å². The molecule has 1 unspecified atom stereocenters. The molecule has 3 heterocycles. The number of aromatic nitrogens is 2. The van der Waals surface area contributed by atoms with Gasteiger partial charge in [-0.05, 0) is 18.8 Å². The van der Waals surface area contributed by atoms with Crippen molar-refractivity contribution in [2.75, 3.05) is 19.7 Å². The third kappa shape index (κ3) is 2.09. The number of piperidine rings is 1. The Morgan fingerprint density at radius 1 is 1.44 bits per heavy atom. The van der Waals surface area contributed by atoms with Gasteiger partial charge in [0.2, 0.25) is 5.88 Å². The van der Waals surface area contributed by atoms with Crippen molar-refractivity contribution >= 4 is 5.91 Å². The Balaban J connectivity index is 1.77. The molecule has 18 heavy (non-hydrogen) atoms. The van der Waals surface area contributed by atoms with Crippen LogP contribution in [-0.2, 0) is 6.54 Å². The van der Waals surface area contributed by atoms with E-state index in [2.05, 4.69) is 12.0 Å². The largest absolute Gasteiger partial charge is 0.478 e. The molecule has 2 aliphatic heterocycles. The van der Waals surface area contributed by atoms with E-state index in [1.807, 2.05) is 4.90 Å². The Morgan fingerprint density at radius 3 is 3.11 bits per heavy atom. The van der Waals surface area contributed by atoms with Gasteiger partial charge in [0.1, 0.15) is 0 Å². The number of amides is 1. The summed E-state index contributed by atoms with van der Waals surface area (Å²) >= 11 is 0. The summed E-state index contributed by atoms with van der Waals surface area (Å²) in [5.41, 5.74) is 0.529. The molecule has 5 nitrogen and oxygen atoms in total. The number of carbonyl (C=O) groups excluding carboxylic acids is 1. The first kappa shape index (κ1) is 11.6. The summed E-state index contributed by atoms with van der Waals surface area (Å²) in [6.07, 6.45) is 3.27. The number of rotatable bonds is 1. The lowest BCUT2D eigenvalue weighted by Crippen LogP contribution is -2.39. The minimum Gasteiger partial charge on any atom is -0.478 e. The van der Waals surface area contributed by atoms with Gasteiger partial charge in [0.05, 0.1) is 6.61 Å². The van der Waals surface area contributed by atoms with Gasteiger partial charge in [-0.3, -0.25) is 4.79 Å². The summed E-state index contributed by atoms with van der Waals surface area (Å²) < 4.78 is 7.29. The van der Waals surface area contributed by atoms with E-state index in [0.717, 1.165) is 45.0 Å². The molecule has 1 amide bonds. The van der Waals surface area contributed by atoms with Crippen molar-refractivity contribution in [2.45, 2.75) is 32.7 Å². The molecule has 0 saturated carbocycles. The molecule has 0 N–H and O–H groups in total. The molecular formula is C13H19N3O2. The topological polar surface area (TPSA) is 47.4 Å². The lowest BCUT2D eigenvalue weighted by Gasteiger charge is -2.30. The molecule has 1 fully saturated rings. The van der Waals surface area contributed by atoms with E-state index in [1.54, 1.807) is 10.7 Å². The third-order valence-electron chi connectivity index (χ3n) is 3.67. The van der Waals surface area contributed by atoms with E-state index < -0.39 is 0 Å². The van der Waals surface area contributed by atoms with Crippen molar-refractivity contribution in [3.63, 3.8) is 0 Å². The van der Waals surface area contributed by atoms with Gasteiger partial charge < -0.3 is 9.64 Å². The zero-order chi connectivity index (χ0) is 12.5. The molecule has 1 atom stereocenters. The van der Waals surface area contributed by atoms with E-state index >= 15 is 0 Å². The number of ether oxygens (including phenoxy) is 1. The van der Waals surface area contributed by atoms with Crippen molar-refractivity contribution in [3.8, 4) is 5.88 Å². The van der Waals surface area contributed by atoms with Crippen LogP contribution in [0.25, 0.3) is 0 Å². The summed E-state index contributed by atoms with van der Waals surface area (Å²) in [5, 5.41) is 4.35. The van der Waals surface area contributed by atoms with Crippen molar-refractivity contribution in [2.24, 2.45) is 5.92 Å². The van der Waals surface area contributed by atoms with Gasteiger partial charge in [-0.1, -0.05) is 6.92 Å². The number of hydrogen-bond acceptors (Lipinski definition) is 3. The molecule has 0 radical (unpaired) electrons. The van der Waals surface area contributed by atoms with E-state index in [0.29, 0.717) is 11.6 Å². The molecular weight excluding hydrogens is 230 g/mol. The Labute approximate surface area is 107 Å². The van der Waals surface area contributed by atoms with Gasteiger partial charge in [-0.15, -0.1) is 0 Å². The lowest BCUT2D eigenvalue weighted by atomic mass is 10.0. The lowest BCUT2D eigenvalue weighted by molar-refractivity contribution is 0.0676. The van der Waals surface area contributed by atoms with Crippen LogP contribution in [0.3, 0.4) is 0 Å². The highest BCUT2D eigenvalue weighted by atomic mass is 16.5. The summed E-state index contributed by atoms with van der Waals surface area (Å²) in [4.78, 5) is 14.3. The predicted octanol–water partition coefficient (Wildman–Crippen LogP) is 1.54. The second-order valence-corrected chi connectivity index (χ2v) is 5.29. The number of nitrogens with zero attached hydrogens (tertiary/aromatic N) is 3.